The van der Waals surface area contributed by atoms with Crippen LogP contribution in [0.4, 0.5) is 17.1 Å². The van der Waals surface area contributed by atoms with Gasteiger partial charge in [0.25, 0.3) is 0 Å². The number of fused-ring (bicyclic) bond motifs is 9. The largest absolute Gasteiger partial charge is 0.310 e. The van der Waals surface area contributed by atoms with Gasteiger partial charge in [0.1, 0.15) is 0 Å². The Hall–Kier alpha value is -8.34. The molecular weight excluding hydrogens is 883 g/mol. The third-order valence-electron chi connectivity index (χ3n) is 14.5. The van der Waals surface area contributed by atoms with Crippen molar-refractivity contribution < 1.29 is 0 Å². The molecule has 2 heterocycles. The fourth-order valence-electron chi connectivity index (χ4n) is 11.3. The summed E-state index contributed by atoms with van der Waals surface area (Å²) in [7, 11) is 0. The van der Waals surface area contributed by atoms with E-state index >= 15 is 0 Å². The molecular formula is C67H43NS2. The van der Waals surface area contributed by atoms with Crippen molar-refractivity contribution >= 4 is 80.1 Å². The predicted molar refractivity (Wildman–Crippen MR) is 301 cm³/mol. The average Bonchev–Trinajstić information content (AvgIpc) is 4.10. The van der Waals surface area contributed by atoms with Crippen LogP contribution in [0.25, 0.3) is 84.9 Å². The van der Waals surface area contributed by atoms with E-state index in [1.54, 1.807) is 0 Å². The zero-order valence-electron chi connectivity index (χ0n) is 38.1. The first-order valence-electron chi connectivity index (χ1n) is 24.0. The zero-order chi connectivity index (χ0) is 46.2. The standard InChI is InChI=1S/C67H43NS2/c1-3-18-50(19-4-1)67(51-20-5-2-6-21-51)61-26-10-7-23-55(61)58-43-54(35-36-62(58)67)68(53-22-14-17-47(40-53)49-32-38-66-60(42-49)57-25-9-12-28-64(57)70-66)52-33-29-44(30-34-52)45-15-13-16-46(39-45)48-31-37-65-59(41-48)56-24-8-11-27-63(56)69-65/h1-43H. The third-order valence-corrected chi connectivity index (χ3v) is 16.8. The highest BCUT2D eigenvalue weighted by Gasteiger charge is 2.46. The summed E-state index contributed by atoms with van der Waals surface area (Å²) in [6.07, 6.45) is 0. The molecule has 1 aliphatic carbocycles. The number of anilines is 3. The fourth-order valence-corrected chi connectivity index (χ4v) is 13.5. The molecule has 0 unspecified atom stereocenters. The summed E-state index contributed by atoms with van der Waals surface area (Å²) < 4.78 is 5.28. The first-order valence-corrected chi connectivity index (χ1v) is 25.6. The normalized spacial score (nSPS) is 12.7. The van der Waals surface area contributed by atoms with Gasteiger partial charge < -0.3 is 4.90 Å². The summed E-state index contributed by atoms with van der Waals surface area (Å²) in [6.45, 7) is 0. The molecule has 328 valence electrons. The van der Waals surface area contributed by atoms with Gasteiger partial charge in [-0.15, -0.1) is 22.7 Å². The van der Waals surface area contributed by atoms with Gasteiger partial charge in [0.15, 0.2) is 0 Å². The van der Waals surface area contributed by atoms with Crippen LogP contribution in [-0.2, 0) is 5.41 Å². The van der Waals surface area contributed by atoms with Gasteiger partial charge in [-0.1, -0.05) is 182 Å². The van der Waals surface area contributed by atoms with Crippen LogP contribution in [-0.4, -0.2) is 0 Å². The summed E-state index contributed by atoms with van der Waals surface area (Å²) >= 11 is 3.72. The monoisotopic (exact) mass is 925 g/mol. The second kappa shape index (κ2) is 16.4. The van der Waals surface area contributed by atoms with Crippen molar-refractivity contribution in [2.45, 2.75) is 5.41 Å². The molecule has 2 aromatic heterocycles. The van der Waals surface area contributed by atoms with Gasteiger partial charge in [-0.3, -0.25) is 0 Å². The quantitative estimate of drug-likeness (QED) is 0.147. The Morgan fingerprint density at radius 2 is 0.714 bits per heavy atom. The maximum absolute atomic E-state index is 2.44. The first kappa shape index (κ1) is 40.7. The van der Waals surface area contributed by atoms with Crippen molar-refractivity contribution in [2.24, 2.45) is 0 Å². The van der Waals surface area contributed by atoms with E-state index in [4.69, 9.17) is 0 Å². The molecule has 13 aromatic rings. The molecule has 0 spiro atoms. The molecule has 70 heavy (non-hydrogen) atoms. The molecule has 0 bridgehead atoms. The minimum absolute atomic E-state index is 0.471. The Kier molecular flexibility index (Phi) is 9.55. The summed E-state index contributed by atoms with van der Waals surface area (Å²) in [6, 6.07) is 96.9. The van der Waals surface area contributed by atoms with E-state index < -0.39 is 5.41 Å². The molecule has 14 rings (SSSR count). The highest BCUT2D eigenvalue weighted by molar-refractivity contribution is 7.26. The van der Waals surface area contributed by atoms with Crippen LogP contribution >= 0.6 is 22.7 Å². The van der Waals surface area contributed by atoms with Gasteiger partial charge in [-0.05, 0) is 146 Å². The van der Waals surface area contributed by atoms with Crippen molar-refractivity contribution in [3.05, 3.63) is 283 Å². The predicted octanol–water partition coefficient (Wildman–Crippen LogP) is 19.3. The van der Waals surface area contributed by atoms with Crippen LogP contribution in [0.15, 0.2) is 261 Å². The van der Waals surface area contributed by atoms with Crippen LogP contribution in [0.5, 0.6) is 0 Å². The van der Waals surface area contributed by atoms with Crippen molar-refractivity contribution in [3.8, 4) is 44.5 Å². The Balaban J connectivity index is 0.907. The van der Waals surface area contributed by atoms with Gasteiger partial charge in [0.2, 0.25) is 0 Å². The molecule has 0 saturated heterocycles. The van der Waals surface area contributed by atoms with Crippen LogP contribution < -0.4 is 4.90 Å². The highest BCUT2D eigenvalue weighted by Crippen LogP contribution is 2.57. The van der Waals surface area contributed by atoms with E-state index in [1.165, 1.54) is 107 Å². The number of benzene rings is 11. The van der Waals surface area contributed by atoms with Gasteiger partial charge in [-0.25, -0.2) is 0 Å². The lowest BCUT2D eigenvalue weighted by molar-refractivity contribution is 0.768. The maximum atomic E-state index is 2.44. The lowest BCUT2D eigenvalue weighted by Gasteiger charge is -2.34. The summed E-state index contributed by atoms with van der Waals surface area (Å²) in [4.78, 5) is 2.44. The molecule has 0 N–H and O–H groups in total. The molecule has 0 aliphatic heterocycles. The number of hydrogen-bond donors (Lipinski definition) is 0. The summed E-state index contributed by atoms with van der Waals surface area (Å²) in [5, 5.41) is 5.25. The van der Waals surface area contributed by atoms with Crippen LogP contribution in [0.3, 0.4) is 0 Å². The number of thiophene rings is 2. The molecule has 0 amide bonds. The molecule has 0 saturated carbocycles. The van der Waals surface area contributed by atoms with E-state index in [2.05, 4.69) is 266 Å². The maximum Gasteiger partial charge on any atom is 0.0713 e. The van der Waals surface area contributed by atoms with E-state index in [-0.39, 0.29) is 0 Å². The molecule has 0 fully saturated rings. The fraction of sp³-hybridized carbons (Fsp3) is 0.0149. The van der Waals surface area contributed by atoms with Gasteiger partial charge in [-0.2, -0.15) is 0 Å². The Labute approximate surface area is 415 Å². The van der Waals surface area contributed by atoms with E-state index in [0.29, 0.717) is 0 Å². The molecule has 1 aliphatic rings. The van der Waals surface area contributed by atoms with Crippen LogP contribution in [0.1, 0.15) is 22.3 Å². The number of hydrogen-bond acceptors (Lipinski definition) is 3. The summed E-state index contributed by atoms with van der Waals surface area (Å²) in [5.41, 5.74) is 17.7. The molecule has 11 aromatic carbocycles. The molecule has 3 heteroatoms. The Morgan fingerprint density at radius 1 is 0.257 bits per heavy atom. The number of rotatable bonds is 8. The second-order valence-electron chi connectivity index (χ2n) is 18.4. The number of nitrogens with zero attached hydrogens (tertiary/aromatic N) is 1. The van der Waals surface area contributed by atoms with E-state index in [1.807, 2.05) is 22.7 Å². The highest BCUT2D eigenvalue weighted by atomic mass is 32.1. The van der Waals surface area contributed by atoms with E-state index in [9.17, 15) is 0 Å². The lowest BCUT2D eigenvalue weighted by atomic mass is 9.68. The van der Waals surface area contributed by atoms with Crippen molar-refractivity contribution in [3.63, 3.8) is 0 Å². The Morgan fingerprint density at radius 3 is 1.36 bits per heavy atom. The minimum Gasteiger partial charge on any atom is -0.310 e. The van der Waals surface area contributed by atoms with Crippen LogP contribution in [0, 0.1) is 0 Å². The molecule has 0 radical (unpaired) electrons. The van der Waals surface area contributed by atoms with Gasteiger partial charge >= 0.3 is 0 Å². The topological polar surface area (TPSA) is 3.24 Å². The minimum atomic E-state index is -0.471. The van der Waals surface area contributed by atoms with Gasteiger partial charge in [0.05, 0.1) is 5.41 Å². The van der Waals surface area contributed by atoms with Crippen LogP contribution in [0.2, 0.25) is 0 Å². The van der Waals surface area contributed by atoms with Crippen molar-refractivity contribution in [1.29, 1.82) is 0 Å². The molecule has 1 nitrogen and oxygen atoms in total. The Bertz CT molecular complexity index is 4090. The zero-order valence-corrected chi connectivity index (χ0v) is 39.7. The van der Waals surface area contributed by atoms with Crippen molar-refractivity contribution in [2.75, 3.05) is 4.90 Å². The molecule has 0 atom stereocenters. The third kappa shape index (κ3) is 6.50. The second-order valence-corrected chi connectivity index (χ2v) is 20.6. The van der Waals surface area contributed by atoms with E-state index in [0.717, 1.165) is 17.1 Å². The first-order chi connectivity index (χ1) is 34.7. The van der Waals surface area contributed by atoms with Crippen molar-refractivity contribution in [1.82, 2.24) is 0 Å². The van der Waals surface area contributed by atoms with Gasteiger partial charge in [0, 0.05) is 57.4 Å². The average molecular weight is 926 g/mol. The smallest absolute Gasteiger partial charge is 0.0713 e. The summed E-state index contributed by atoms with van der Waals surface area (Å²) in [5.74, 6) is 0. The lowest BCUT2D eigenvalue weighted by Crippen LogP contribution is -2.28. The SMILES string of the molecule is c1ccc(C2(c3ccccc3)c3ccccc3-c3cc(N(c4ccc(-c5cccc(-c6ccc7sc8ccccc8c7c6)c5)cc4)c4cccc(-c5ccc6sc7ccccc7c6c5)c4)ccc32)cc1.